The summed E-state index contributed by atoms with van der Waals surface area (Å²) in [4.78, 5) is 6.84. The van der Waals surface area contributed by atoms with Crippen molar-refractivity contribution in [2.75, 3.05) is 11.4 Å². The molecule has 1 aromatic rings. The van der Waals surface area contributed by atoms with Crippen molar-refractivity contribution in [3.63, 3.8) is 0 Å². The monoisotopic (exact) mass is 293 g/mol. The van der Waals surface area contributed by atoms with Gasteiger partial charge in [0.15, 0.2) is 0 Å². The van der Waals surface area contributed by atoms with Gasteiger partial charge in [0.1, 0.15) is 11.6 Å². The van der Waals surface area contributed by atoms with Gasteiger partial charge in [0.2, 0.25) is 0 Å². The van der Waals surface area contributed by atoms with Crippen LogP contribution in [0.3, 0.4) is 0 Å². The first-order valence-corrected chi connectivity index (χ1v) is 8.26. The van der Waals surface area contributed by atoms with Gasteiger partial charge >= 0.3 is 0 Å². The summed E-state index contributed by atoms with van der Waals surface area (Å²) in [5.41, 5.74) is 0.976. The molecule has 1 N–H and O–H groups in total. The van der Waals surface area contributed by atoms with E-state index in [1.165, 1.54) is 31.9 Å². The van der Waals surface area contributed by atoms with Crippen molar-refractivity contribution in [2.24, 2.45) is 0 Å². The van der Waals surface area contributed by atoms with Gasteiger partial charge in [-0.05, 0) is 25.3 Å². The van der Waals surface area contributed by atoms with E-state index in [2.05, 4.69) is 36.0 Å². The van der Waals surface area contributed by atoms with Gasteiger partial charge in [0.05, 0.1) is 6.20 Å². The summed E-state index contributed by atoms with van der Waals surface area (Å²) in [5.74, 6) is 0.723. The molecule has 1 atom stereocenters. The smallest absolute Gasteiger partial charge is 0.141 e. The lowest BCUT2D eigenvalue weighted by Crippen LogP contribution is -2.36. The third-order valence-electron chi connectivity index (χ3n) is 4.23. The van der Waals surface area contributed by atoms with Crippen LogP contribution in [0.2, 0.25) is 0 Å². The van der Waals surface area contributed by atoms with E-state index in [4.69, 9.17) is 0 Å². The second kappa shape index (κ2) is 7.74. The van der Waals surface area contributed by atoms with E-state index >= 15 is 0 Å². The van der Waals surface area contributed by atoms with E-state index in [9.17, 15) is 4.39 Å². The molecule has 1 saturated heterocycles. The van der Waals surface area contributed by atoms with Gasteiger partial charge < -0.3 is 10.2 Å². The Balaban J connectivity index is 2.26. The average Bonchev–Trinajstić information content (AvgIpc) is 2.70. The predicted octanol–water partition coefficient (Wildman–Crippen LogP) is 3.88. The van der Waals surface area contributed by atoms with Crippen molar-refractivity contribution in [1.29, 1.82) is 0 Å². The van der Waals surface area contributed by atoms with Gasteiger partial charge in [-0.15, -0.1) is 0 Å². The fourth-order valence-electron chi connectivity index (χ4n) is 3.06. The van der Waals surface area contributed by atoms with Crippen LogP contribution in [-0.4, -0.2) is 23.6 Å². The number of aromatic nitrogens is 1. The summed E-state index contributed by atoms with van der Waals surface area (Å²) >= 11 is 0. The zero-order valence-corrected chi connectivity index (χ0v) is 13.5. The molecule has 1 aliphatic rings. The van der Waals surface area contributed by atoms with Crippen molar-refractivity contribution in [3.8, 4) is 0 Å². The maximum absolute atomic E-state index is 13.6. The van der Waals surface area contributed by atoms with Gasteiger partial charge in [-0.25, -0.2) is 9.37 Å². The van der Waals surface area contributed by atoms with Crippen LogP contribution in [0, 0.1) is 5.82 Å². The number of anilines is 1. The van der Waals surface area contributed by atoms with Crippen LogP contribution in [0.4, 0.5) is 10.2 Å². The van der Waals surface area contributed by atoms with E-state index in [-0.39, 0.29) is 5.82 Å². The quantitative estimate of drug-likeness (QED) is 0.893. The molecule has 0 aromatic carbocycles. The van der Waals surface area contributed by atoms with Gasteiger partial charge in [-0.2, -0.15) is 0 Å². The zero-order chi connectivity index (χ0) is 15.2. The zero-order valence-electron chi connectivity index (χ0n) is 13.5. The lowest BCUT2D eigenvalue weighted by atomic mass is 10.1. The lowest BCUT2D eigenvalue weighted by Gasteiger charge is -2.32. The Morgan fingerprint density at radius 1 is 1.38 bits per heavy atom. The second-order valence-electron chi connectivity index (χ2n) is 6.28. The number of nitrogens with one attached hydrogen (secondary N) is 1. The Labute approximate surface area is 127 Å². The molecule has 3 nitrogen and oxygen atoms in total. The van der Waals surface area contributed by atoms with Crippen LogP contribution in [-0.2, 0) is 6.54 Å². The van der Waals surface area contributed by atoms with Gasteiger partial charge in [-0.1, -0.05) is 33.6 Å². The van der Waals surface area contributed by atoms with Crippen LogP contribution in [0.1, 0.15) is 58.4 Å². The minimum absolute atomic E-state index is 0.248. The molecule has 2 rings (SSSR count). The fourth-order valence-corrected chi connectivity index (χ4v) is 3.06. The Morgan fingerprint density at radius 2 is 2.19 bits per heavy atom. The van der Waals surface area contributed by atoms with Crippen LogP contribution < -0.4 is 10.2 Å². The molecule has 1 unspecified atom stereocenters. The molecule has 118 valence electrons. The molecule has 21 heavy (non-hydrogen) atoms. The Bertz CT molecular complexity index is 448. The molecule has 0 spiro atoms. The maximum atomic E-state index is 13.6. The standard InChI is InChI=1S/C17H28FN3/c1-4-16-8-6-5-7-9-21(16)17-14(11-19-13(2)3)10-15(18)12-20-17/h10,12-13,16,19H,4-9,11H2,1-3H3. The van der Waals surface area contributed by atoms with Crippen LogP contribution in [0.25, 0.3) is 0 Å². The van der Waals surface area contributed by atoms with Crippen LogP contribution in [0.15, 0.2) is 12.3 Å². The lowest BCUT2D eigenvalue weighted by molar-refractivity contribution is 0.540. The van der Waals surface area contributed by atoms with E-state index in [0.717, 1.165) is 24.3 Å². The van der Waals surface area contributed by atoms with Crippen molar-refractivity contribution < 1.29 is 4.39 Å². The predicted molar refractivity (Wildman–Crippen MR) is 86.1 cm³/mol. The van der Waals surface area contributed by atoms with E-state index < -0.39 is 0 Å². The molecule has 0 bridgehead atoms. The molecular formula is C17H28FN3. The molecule has 0 radical (unpaired) electrons. The summed E-state index contributed by atoms with van der Waals surface area (Å²) < 4.78 is 13.6. The number of halogens is 1. The summed E-state index contributed by atoms with van der Waals surface area (Å²) in [6.07, 6.45) is 7.46. The molecule has 1 aliphatic heterocycles. The Hall–Kier alpha value is -1.16. The van der Waals surface area contributed by atoms with Crippen molar-refractivity contribution in [1.82, 2.24) is 10.3 Å². The second-order valence-corrected chi connectivity index (χ2v) is 6.28. The van der Waals surface area contributed by atoms with Gasteiger partial charge in [-0.3, -0.25) is 0 Å². The maximum Gasteiger partial charge on any atom is 0.141 e. The third-order valence-corrected chi connectivity index (χ3v) is 4.23. The molecule has 1 fully saturated rings. The minimum atomic E-state index is -0.248. The summed E-state index contributed by atoms with van der Waals surface area (Å²) in [5, 5.41) is 3.38. The summed E-state index contributed by atoms with van der Waals surface area (Å²) in [7, 11) is 0. The van der Waals surface area contributed by atoms with E-state index in [1.807, 2.05) is 0 Å². The van der Waals surface area contributed by atoms with Crippen LogP contribution >= 0.6 is 0 Å². The third kappa shape index (κ3) is 4.40. The highest BCUT2D eigenvalue weighted by atomic mass is 19.1. The van der Waals surface area contributed by atoms with Crippen LogP contribution in [0.5, 0.6) is 0 Å². The number of nitrogens with zero attached hydrogens (tertiary/aromatic N) is 2. The number of hydrogen-bond donors (Lipinski definition) is 1. The van der Waals surface area contributed by atoms with Gasteiger partial charge in [0.25, 0.3) is 0 Å². The average molecular weight is 293 g/mol. The SMILES string of the molecule is CCC1CCCCCN1c1ncc(F)cc1CNC(C)C. The summed E-state index contributed by atoms with van der Waals surface area (Å²) in [6, 6.07) is 2.55. The molecule has 0 saturated carbocycles. The molecular weight excluding hydrogens is 265 g/mol. The first-order chi connectivity index (χ1) is 10.1. The van der Waals surface area contributed by atoms with E-state index in [0.29, 0.717) is 18.6 Å². The van der Waals surface area contributed by atoms with E-state index in [1.54, 1.807) is 6.07 Å². The topological polar surface area (TPSA) is 28.2 Å². The highest BCUT2D eigenvalue weighted by molar-refractivity contribution is 5.48. The fraction of sp³-hybridized carbons (Fsp3) is 0.706. The highest BCUT2D eigenvalue weighted by Crippen LogP contribution is 2.27. The molecule has 1 aromatic heterocycles. The highest BCUT2D eigenvalue weighted by Gasteiger charge is 2.23. The first kappa shape index (κ1) is 16.2. The number of rotatable bonds is 5. The normalized spacial score (nSPS) is 19.9. The molecule has 4 heteroatoms. The van der Waals surface area contributed by atoms with Crippen molar-refractivity contribution in [3.05, 3.63) is 23.6 Å². The molecule has 0 aliphatic carbocycles. The largest absolute Gasteiger partial charge is 0.353 e. The molecule has 2 heterocycles. The Kier molecular flexibility index (Phi) is 5.97. The summed E-state index contributed by atoms with van der Waals surface area (Å²) in [6.45, 7) is 8.15. The number of hydrogen-bond acceptors (Lipinski definition) is 3. The number of pyridine rings is 1. The molecule has 0 amide bonds. The minimum Gasteiger partial charge on any atom is -0.353 e. The Morgan fingerprint density at radius 3 is 2.90 bits per heavy atom. The van der Waals surface area contributed by atoms with Crippen molar-refractivity contribution >= 4 is 5.82 Å². The van der Waals surface area contributed by atoms with Gasteiger partial charge in [0, 0.05) is 30.7 Å². The first-order valence-electron chi connectivity index (χ1n) is 8.26. The van der Waals surface area contributed by atoms with Crippen molar-refractivity contribution in [2.45, 2.75) is 71.5 Å².